The third-order valence-electron chi connectivity index (χ3n) is 6.48. The molecule has 1 aliphatic rings. The summed E-state index contributed by atoms with van der Waals surface area (Å²) in [6, 6.07) is 14.8. The first kappa shape index (κ1) is 26.8. The molecule has 38 heavy (non-hydrogen) atoms. The van der Waals surface area contributed by atoms with Crippen LogP contribution in [-0.4, -0.2) is 51.6 Å². The number of halogens is 1. The number of alkyl carbamates (subject to hydrolysis) is 1. The Hall–Kier alpha value is -4.21. The molecule has 200 valence electrons. The van der Waals surface area contributed by atoms with Crippen molar-refractivity contribution in [2.24, 2.45) is 0 Å². The van der Waals surface area contributed by atoms with Gasteiger partial charge in [-0.15, -0.1) is 0 Å². The number of carbonyl (C=O) groups is 2. The van der Waals surface area contributed by atoms with Crippen LogP contribution in [-0.2, 0) is 4.74 Å². The number of nitrogens with zero attached hydrogens (tertiary/aromatic N) is 3. The summed E-state index contributed by atoms with van der Waals surface area (Å²) < 4.78 is 18.6. The van der Waals surface area contributed by atoms with Crippen molar-refractivity contribution in [1.82, 2.24) is 20.2 Å². The Bertz CT molecular complexity index is 1240. The number of ether oxygens (including phenoxy) is 1. The van der Waals surface area contributed by atoms with E-state index in [9.17, 15) is 14.0 Å². The molecule has 4 rings (SSSR count). The molecule has 3 N–H and O–H groups in total. The minimum atomic E-state index is -0.502. The van der Waals surface area contributed by atoms with Crippen molar-refractivity contribution in [1.29, 1.82) is 0 Å². The number of likely N-dealkylation sites (tertiary alicyclic amines) is 1. The second-order valence-corrected chi connectivity index (χ2v) is 9.81. The number of benzene rings is 2. The second-order valence-electron chi connectivity index (χ2n) is 9.81. The molecule has 2 heterocycles. The third-order valence-corrected chi connectivity index (χ3v) is 6.48. The van der Waals surface area contributed by atoms with Crippen molar-refractivity contribution in [3.8, 4) is 0 Å². The van der Waals surface area contributed by atoms with Crippen molar-refractivity contribution in [2.75, 3.05) is 23.7 Å². The fourth-order valence-corrected chi connectivity index (χ4v) is 3.92. The summed E-state index contributed by atoms with van der Waals surface area (Å²) in [5.41, 5.74) is 1.52. The van der Waals surface area contributed by atoms with Crippen LogP contribution in [0.2, 0.25) is 0 Å². The van der Waals surface area contributed by atoms with Gasteiger partial charge in [0, 0.05) is 42.3 Å². The molecule has 2 aromatic carbocycles. The van der Waals surface area contributed by atoms with Gasteiger partial charge in [0.1, 0.15) is 17.2 Å². The van der Waals surface area contributed by atoms with Crippen LogP contribution < -0.4 is 16.0 Å². The number of anilines is 4. The highest BCUT2D eigenvalue weighted by Gasteiger charge is 2.27. The van der Waals surface area contributed by atoms with Gasteiger partial charge in [0.05, 0.1) is 0 Å². The van der Waals surface area contributed by atoms with Gasteiger partial charge >= 0.3 is 6.09 Å². The van der Waals surface area contributed by atoms with Crippen LogP contribution in [0.4, 0.5) is 32.3 Å². The summed E-state index contributed by atoms with van der Waals surface area (Å²) >= 11 is 0. The molecule has 3 aromatic rings. The second kappa shape index (κ2) is 11.9. The highest BCUT2D eigenvalue weighted by Crippen LogP contribution is 2.20. The predicted molar refractivity (Wildman–Crippen MR) is 144 cm³/mol. The summed E-state index contributed by atoms with van der Waals surface area (Å²) in [5.74, 6) is 0.580. The van der Waals surface area contributed by atoms with E-state index < -0.39 is 11.7 Å². The van der Waals surface area contributed by atoms with Gasteiger partial charge < -0.3 is 25.6 Å². The molecule has 0 aliphatic carbocycles. The van der Waals surface area contributed by atoms with E-state index in [1.54, 1.807) is 53.6 Å². The van der Waals surface area contributed by atoms with Crippen LogP contribution in [0.5, 0.6) is 0 Å². The maximum atomic E-state index is 13.1. The number of hydrogen-bond donors (Lipinski definition) is 3. The van der Waals surface area contributed by atoms with E-state index in [2.05, 4.69) is 25.9 Å². The van der Waals surface area contributed by atoms with Gasteiger partial charge in [-0.2, -0.15) is 4.98 Å². The van der Waals surface area contributed by atoms with Gasteiger partial charge in [-0.1, -0.05) is 6.92 Å². The van der Waals surface area contributed by atoms with Gasteiger partial charge in [0.2, 0.25) is 5.95 Å². The van der Waals surface area contributed by atoms with Crippen molar-refractivity contribution in [3.05, 3.63) is 72.2 Å². The van der Waals surface area contributed by atoms with Crippen LogP contribution in [0.15, 0.2) is 60.8 Å². The Balaban J connectivity index is 1.28. The molecule has 0 atom stereocenters. The van der Waals surface area contributed by atoms with Gasteiger partial charge in [-0.3, -0.25) is 4.79 Å². The molecule has 1 fully saturated rings. The summed E-state index contributed by atoms with van der Waals surface area (Å²) in [6.45, 7) is 6.85. The van der Waals surface area contributed by atoms with Crippen molar-refractivity contribution >= 4 is 35.1 Å². The Morgan fingerprint density at radius 2 is 1.63 bits per heavy atom. The SMILES string of the molecule is CCC(C)(C)OC(=O)NC1CCN(C(=O)c2ccc(Nc3nccc(Nc4ccc(F)cc4)n3)cc2)CC1. The largest absolute Gasteiger partial charge is 0.444 e. The van der Waals surface area contributed by atoms with E-state index in [0.29, 0.717) is 48.9 Å². The maximum absolute atomic E-state index is 13.1. The van der Waals surface area contributed by atoms with E-state index in [1.807, 2.05) is 20.8 Å². The normalized spacial score (nSPS) is 14.1. The molecule has 2 amide bonds. The Labute approximate surface area is 221 Å². The minimum Gasteiger partial charge on any atom is -0.444 e. The quantitative estimate of drug-likeness (QED) is 0.354. The zero-order valence-corrected chi connectivity index (χ0v) is 21.8. The first-order valence-corrected chi connectivity index (χ1v) is 12.7. The average molecular weight is 521 g/mol. The van der Waals surface area contributed by atoms with Crippen LogP contribution in [0.25, 0.3) is 0 Å². The van der Waals surface area contributed by atoms with E-state index in [0.717, 1.165) is 12.1 Å². The lowest BCUT2D eigenvalue weighted by Gasteiger charge is -2.33. The zero-order chi connectivity index (χ0) is 27.1. The number of nitrogens with one attached hydrogen (secondary N) is 3. The smallest absolute Gasteiger partial charge is 0.407 e. The van der Waals surface area contributed by atoms with Crippen LogP contribution in [0.3, 0.4) is 0 Å². The lowest BCUT2D eigenvalue weighted by atomic mass is 10.0. The topological polar surface area (TPSA) is 108 Å². The molecule has 0 spiro atoms. The van der Waals surface area contributed by atoms with Crippen LogP contribution in [0.1, 0.15) is 50.4 Å². The number of rotatable bonds is 8. The number of amides is 2. The molecular weight excluding hydrogens is 487 g/mol. The summed E-state index contributed by atoms with van der Waals surface area (Å²) in [5, 5.41) is 9.16. The molecule has 0 bridgehead atoms. The van der Waals surface area contributed by atoms with E-state index in [-0.39, 0.29) is 17.8 Å². The van der Waals surface area contributed by atoms with Gasteiger partial charge in [-0.05, 0) is 87.7 Å². The van der Waals surface area contributed by atoms with Gasteiger partial charge in [-0.25, -0.2) is 14.2 Å². The van der Waals surface area contributed by atoms with Gasteiger partial charge in [0.25, 0.3) is 5.91 Å². The molecule has 1 saturated heterocycles. The highest BCUT2D eigenvalue weighted by atomic mass is 19.1. The molecule has 0 unspecified atom stereocenters. The first-order valence-electron chi connectivity index (χ1n) is 12.7. The number of piperidine rings is 1. The van der Waals surface area contributed by atoms with Crippen molar-refractivity contribution < 1.29 is 18.7 Å². The fraction of sp³-hybridized carbons (Fsp3) is 0.357. The summed E-state index contributed by atoms with van der Waals surface area (Å²) in [4.78, 5) is 35.6. The fourth-order valence-electron chi connectivity index (χ4n) is 3.92. The molecule has 0 saturated carbocycles. The lowest BCUT2D eigenvalue weighted by molar-refractivity contribution is 0.0323. The van der Waals surface area contributed by atoms with Crippen molar-refractivity contribution in [3.63, 3.8) is 0 Å². The number of aromatic nitrogens is 2. The van der Waals surface area contributed by atoms with Crippen LogP contribution >= 0.6 is 0 Å². The average Bonchev–Trinajstić information content (AvgIpc) is 2.90. The van der Waals surface area contributed by atoms with Crippen LogP contribution in [0, 0.1) is 5.82 Å². The lowest BCUT2D eigenvalue weighted by Crippen LogP contribution is -2.47. The van der Waals surface area contributed by atoms with E-state index in [4.69, 9.17) is 4.74 Å². The number of carbonyl (C=O) groups excluding carboxylic acids is 2. The molecule has 0 radical (unpaired) electrons. The molecule has 9 nitrogen and oxygen atoms in total. The predicted octanol–water partition coefficient (Wildman–Crippen LogP) is 5.62. The maximum Gasteiger partial charge on any atom is 0.407 e. The van der Waals surface area contributed by atoms with E-state index in [1.165, 1.54) is 12.1 Å². The molecule has 1 aliphatic heterocycles. The standard InChI is InChI=1S/C28H33FN6O3/c1-4-28(2,3)38-27(37)33-23-14-17-35(18-15-23)25(36)19-5-9-22(10-6-19)32-26-30-16-13-24(34-26)31-21-11-7-20(29)8-12-21/h5-13,16,23H,4,14-15,17-18H2,1-3H3,(H,33,37)(H2,30,31,32,34). The molecular formula is C28H33FN6O3. The number of hydrogen-bond acceptors (Lipinski definition) is 7. The van der Waals surface area contributed by atoms with E-state index >= 15 is 0 Å². The Morgan fingerprint density at radius 3 is 2.29 bits per heavy atom. The zero-order valence-electron chi connectivity index (χ0n) is 21.8. The van der Waals surface area contributed by atoms with Crippen molar-refractivity contribution in [2.45, 2.75) is 51.7 Å². The minimum absolute atomic E-state index is 0.0147. The monoisotopic (exact) mass is 520 g/mol. The molecule has 1 aromatic heterocycles. The summed E-state index contributed by atoms with van der Waals surface area (Å²) in [6.07, 6.45) is 3.28. The highest BCUT2D eigenvalue weighted by molar-refractivity contribution is 5.94. The summed E-state index contributed by atoms with van der Waals surface area (Å²) in [7, 11) is 0. The third kappa shape index (κ3) is 7.41. The first-order chi connectivity index (χ1) is 18.2. The Morgan fingerprint density at radius 1 is 1.00 bits per heavy atom. The Kier molecular flexibility index (Phi) is 8.40. The van der Waals surface area contributed by atoms with Gasteiger partial charge in [0.15, 0.2) is 0 Å². The molecule has 10 heteroatoms.